The zero-order chi connectivity index (χ0) is 26.2. The maximum atomic E-state index is 13.5. The highest BCUT2D eigenvalue weighted by atomic mass is 16.5. The second kappa shape index (κ2) is 9.54. The van der Waals surface area contributed by atoms with Gasteiger partial charge in [0.2, 0.25) is 0 Å². The third kappa shape index (κ3) is 4.24. The van der Waals surface area contributed by atoms with E-state index in [0.717, 1.165) is 22.7 Å². The Morgan fingerprint density at radius 3 is 2.59 bits per heavy atom. The highest BCUT2D eigenvalue weighted by Gasteiger charge is 2.44. The van der Waals surface area contributed by atoms with Gasteiger partial charge >= 0.3 is 5.97 Å². The average Bonchev–Trinajstić information content (AvgIpc) is 3.40. The summed E-state index contributed by atoms with van der Waals surface area (Å²) in [6.45, 7) is 2.37. The van der Waals surface area contributed by atoms with Crippen molar-refractivity contribution in [1.82, 2.24) is 4.98 Å². The van der Waals surface area contributed by atoms with Crippen molar-refractivity contribution < 1.29 is 28.9 Å². The number of nitrogens with one attached hydrogen (secondary N) is 1. The number of hydrogen-bond donors (Lipinski definition) is 2. The molecule has 0 saturated carbocycles. The summed E-state index contributed by atoms with van der Waals surface area (Å²) >= 11 is 0. The summed E-state index contributed by atoms with van der Waals surface area (Å²) in [6, 6.07) is 19.3. The maximum absolute atomic E-state index is 13.5. The average molecular weight is 501 g/mol. The van der Waals surface area contributed by atoms with Gasteiger partial charge < -0.3 is 29.2 Å². The molecule has 0 amide bonds. The highest BCUT2D eigenvalue weighted by molar-refractivity contribution is 6.18. The Morgan fingerprint density at radius 2 is 1.86 bits per heavy atom. The molecule has 0 fully saturated rings. The second-order valence-electron chi connectivity index (χ2n) is 9.27. The molecule has 8 heteroatoms. The Morgan fingerprint density at radius 1 is 1.11 bits per heavy atom. The molecule has 2 heterocycles. The minimum Gasteiger partial charge on any atom is -0.494 e. The number of aliphatic carboxylic acids is 1. The van der Waals surface area contributed by atoms with Gasteiger partial charge in [-0.3, -0.25) is 9.59 Å². The summed E-state index contributed by atoms with van der Waals surface area (Å²) in [5.74, 6) is 0.336. The number of ether oxygens (including phenoxy) is 3. The lowest BCUT2D eigenvalue weighted by Gasteiger charge is -2.34. The minimum absolute atomic E-state index is 0.206. The number of fused-ring (bicyclic) bond motifs is 2. The second-order valence-corrected chi connectivity index (χ2v) is 9.27. The Labute approximate surface area is 214 Å². The van der Waals surface area contributed by atoms with Crippen LogP contribution in [0.15, 0.2) is 72.9 Å². The van der Waals surface area contributed by atoms with Crippen LogP contribution in [0, 0.1) is 0 Å². The molecule has 1 unspecified atom stereocenters. The van der Waals surface area contributed by atoms with Crippen LogP contribution >= 0.6 is 0 Å². The number of benzene rings is 3. The van der Waals surface area contributed by atoms with Crippen molar-refractivity contribution in [2.75, 3.05) is 32.2 Å². The third-order valence-corrected chi connectivity index (χ3v) is 6.90. The van der Waals surface area contributed by atoms with Gasteiger partial charge in [0, 0.05) is 29.7 Å². The number of carboxylic acids is 1. The lowest BCUT2D eigenvalue weighted by Crippen LogP contribution is -2.41. The third-order valence-electron chi connectivity index (χ3n) is 6.90. The number of carboxylic acid groups (broad SMARTS) is 1. The Hall–Kier alpha value is -4.46. The molecule has 4 aromatic rings. The van der Waals surface area contributed by atoms with Crippen molar-refractivity contribution >= 4 is 28.3 Å². The summed E-state index contributed by atoms with van der Waals surface area (Å²) in [7, 11) is 3.61. The number of ketones is 1. The van der Waals surface area contributed by atoms with Crippen LogP contribution in [0.3, 0.4) is 0 Å². The molecule has 190 valence electrons. The number of aromatic nitrogens is 1. The molecule has 0 spiro atoms. The van der Waals surface area contributed by atoms with Gasteiger partial charge in [-0.1, -0.05) is 18.2 Å². The van der Waals surface area contributed by atoms with Crippen LogP contribution in [-0.4, -0.2) is 55.3 Å². The molecule has 3 aromatic carbocycles. The maximum Gasteiger partial charge on any atom is 0.321 e. The van der Waals surface area contributed by atoms with Crippen molar-refractivity contribution in [3.05, 3.63) is 84.1 Å². The predicted molar refractivity (Wildman–Crippen MR) is 140 cm³/mol. The van der Waals surface area contributed by atoms with Gasteiger partial charge in [0.1, 0.15) is 35.6 Å². The Kier molecular flexibility index (Phi) is 6.25. The van der Waals surface area contributed by atoms with E-state index in [2.05, 4.69) is 9.88 Å². The molecule has 2 N–H and O–H groups in total. The fraction of sp³-hybridized carbons (Fsp3) is 0.241. The van der Waals surface area contributed by atoms with E-state index in [1.54, 1.807) is 55.8 Å². The van der Waals surface area contributed by atoms with Crippen LogP contribution < -0.4 is 19.1 Å². The molecule has 5 rings (SSSR count). The van der Waals surface area contributed by atoms with Crippen molar-refractivity contribution in [2.45, 2.75) is 18.4 Å². The number of carbonyl (C=O) groups is 2. The van der Waals surface area contributed by atoms with Crippen LogP contribution in [0.5, 0.6) is 17.2 Å². The van der Waals surface area contributed by atoms with Gasteiger partial charge in [-0.05, 0) is 61.0 Å². The lowest BCUT2D eigenvalue weighted by molar-refractivity contribution is -0.141. The normalized spacial score (nSPS) is 16.4. The summed E-state index contributed by atoms with van der Waals surface area (Å²) in [5, 5.41) is 10.8. The van der Waals surface area contributed by atoms with Gasteiger partial charge in [-0.15, -0.1) is 0 Å². The molecule has 0 aliphatic carbocycles. The van der Waals surface area contributed by atoms with Gasteiger partial charge in [-0.2, -0.15) is 0 Å². The fourth-order valence-corrected chi connectivity index (χ4v) is 4.87. The number of hydrogen-bond acceptors (Lipinski definition) is 6. The van der Waals surface area contributed by atoms with E-state index < -0.39 is 17.2 Å². The van der Waals surface area contributed by atoms with Gasteiger partial charge in [0.15, 0.2) is 11.2 Å². The smallest absolute Gasteiger partial charge is 0.321 e. The number of aromatic amines is 1. The van der Waals surface area contributed by atoms with E-state index in [9.17, 15) is 14.7 Å². The molecule has 37 heavy (non-hydrogen) atoms. The molecule has 0 radical (unpaired) electrons. The number of carbonyl (C=O) groups excluding carboxylic acids is 1. The zero-order valence-corrected chi connectivity index (χ0v) is 20.9. The standard InChI is InChI=1S/C29H28N2O6/c1-29(28(33)34,22-6-4-7-23-21(22)14-15-30-23)27(32)18-10-12-19(13-11-18)36-17-20-16-31(2)26-24(35-3)8-5-9-25(26)37-20/h4-15,20,30H,16-17H2,1-3H3,(H,33,34)/t20-,29?/m0/s1. The quantitative estimate of drug-likeness (QED) is 0.268. The van der Waals surface area contributed by atoms with E-state index in [4.69, 9.17) is 14.2 Å². The van der Waals surface area contributed by atoms with Gasteiger partial charge in [0.25, 0.3) is 0 Å². The predicted octanol–water partition coefficient (Wildman–Crippen LogP) is 4.68. The first kappa shape index (κ1) is 24.2. The number of para-hydroxylation sites is 1. The Balaban J connectivity index is 1.31. The largest absolute Gasteiger partial charge is 0.494 e. The van der Waals surface area contributed by atoms with Crippen LogP contribution in [0.2, 0.25) is 0 Å². The van der Waals surface area contributed by atoms with Crippen molar-refractivity contribution in [3.8, 4) is 17.2 Å². The molecule has 0 bridgehead atoms. The zero-order valence-electron chi connectivity index (χ0n) is 20.9. The minimum atomic E-state index is -1.75. The molecular formula is C29H28N2O6. The number of Topliss-reactive ketones (excluding diaryl/α,β-unsaturated/α-hetero) is 1. The van der Waals surface area contributed by atoms with E-state index in [-0.39, 0.29) is 6.10 Å². The van der Waals surface area contributed by atoms with E-state index >= 15 is 0 Å². The van der Waals surface area contributed by atoms with Crippen molar-refractivity contribution in [2.24, 2.45) is 0 Å². The number of H-pyrrole nitrogens is 1. The monoisotopic (exact) mass is 500 g/mol. The SMILES string of the molecule is COc1cccc2c1N(C)C[C@@H](COc1ccc(C(=O)C(C)(C(=O)O)c3cccc4[nH]ccc34)cc1)O2. The van der Waals surface area contributed by atoms with Gasteiger partial charge in [-0.25, -0.2) is 0 Å². The van der Waals surface area contributed by atoms with Crippen LogP contribution in [0.1, 0.15) is 22.8 Å². The van der Waals surface area contributed by atoms with Crippen LogP contribution in [-0.2, 0) is 10.2 Å². The van der Waals surface area contributed by atoms with Crippen molar-refractivity contribution in [1.29, 1.82) is 0 Å². The topological polar surface area (TPSA) is 101 Å². The first-order valence-corrected chi connectivity index (χ1v) is 12.0. The van der Waals surface area contributed by atoms with Crippen LogP contribution in [0.4, 0.5) is 5.69 Å². The molecule has 8 nitrogen and oxygen atoms in total. The number of rotatable bonds is 8. The van der Waals surface area contributed by atoms with E-state index in [0.29, 0.717) is 35.4 Å². The first-order chi connectivity index (χ1) is 17.8. The number of methoxy groups -OCH3 is 1. The molecule has 1 aromatic heterocycles. The summed E-state index contributed by atoms with van der Waals surface area (Å²) in [5.41, 5.74) is 0.664. The van der Waals surface area contributed by atoms with Gasteiger partial charge in [0.05, 0.1) is 13.7 Å². The number of anilines is 1. The fourth-order valence-electron chi connectivity index (χ4n) is 4.87. The van der Waals surface area contributed by atoms with Crippen LogP contribution in [0.25, 0.3) is 10.9 Å². The number of likely N-dealkylation sites (N-methyl/N-ethyl adjacent to an activating group) is 1. The number of nitrogens with zero attached hydrogens (tertiary/aromatic N) is 1. The summed E-state index contributed by atoms with van der Waals surface area (Å²) in [6.07, 6.45) is 1.53. The van der Waals surface area contributed by atoms with E-state index in [1.165, 1.54) is 6.92 Å². The molecule has 2 atom stereocenters. The molecular weight excluding hydrogens is 472 g/mol. The summed E-state index contributed by atoms with van der Waals surface area (Å²) in [4.78, 5) is 31.1. The molecule has 1 aliphatic heterocycles. The highest BCUT2D eigenvalue weighted by Crippen LogP contribution is 2.40. The summed E-state index contributed by atoms with van der Waals surface area (Å²) < 4.78 is 17.5. The Bertz CT molecular complexity index is 1460. The lowest BCUT2D eigenvalue weighted by atomic mass is 9.75. The van der Waals surface area contributed by atoms with Crippen molar-refractivity contribution in [3.63, 3.8) is 0 Å². The molecule has 0 saturated heterocycles. The molecule has 1 aliphatic rings. The van der Waals surface area contributed by atoms with E-state index in [1.807, 2.05) is 31.3 Å². The first-order valence-electron chi connectivity index (χ1n) is 12.0.